The highest BCUT2D eigenvalue weighted by Gasteiger charge is 2.22. The van der Waals surface area contributed by atoms with Crippen molar-refractivity contribution < 1.29 is 4.79 Å². The molecule has 0 bridgehead atoms. The number of fused-ring (bicyclic) bond motifs is 1. The van der Waals surface area contributed by atoms with Gasteiger partial charge in [-0.15, -0.1) is 0 Å². The van der Waals surface area contributed by atoms with Gasteiger partial charge in [-0.3, -0.25) is 4.79 Å². The number of carbonyl (C=O) groups is 1. The molecule has 0 spiro atoms. The number of nitrogens with one attached hydrogen (secondary N) is 1. The molecule has 1 N–H and O–H groups in total. The molecular formula is C15H17N7O. The maximum absolute atomic E-state index is 12.5. The number of aromatic nitrogens is 6. The summed E-state index contributed by atoms with van der Waals surface area (Å²) in [6, 6.07) is 1.73. The van der Waals surface area contributed by atoms with Crippen LogP contribution in [0.2, 0.25) is 0 Å². The van der Waals surface area contributed by atoms with Gasteiger partial charge in [-0.25, -0.2) is 19.5 Å². The molecule has 3 aromatic heterocycles. The van der Waals surface area contributed by atoms with Crippen molar-refractivity contribution in [2.24, 2.45) is 0 Å². The van der Waals surface area contributed by atoms with E-state index in [9.17, 15) is 4.79 Å². The van der Waals surface area contributed by atoms with Crippen LogP contribution in [-0.2, 0) is 5.41 Å². The molecule has 0 saturated carbocycles. The van der Waals surface area contributed by atoms with Gasteiger partial charge in [0.2, 0.25) is 0 Å². The lowest BCUT2D eigenvalue weighted by atomic mass is 9.91. The van der Waals surface area contributed by atoms with Gasteiger partial charge in [0.1, 0.15) is 18.3 Å². The molecule has 8 nitrogen and oxygen atoms in total. The predicted octanol–water partition coefficient (Wildman–Crippen LogP) is 1.77. The van der Waals surface area contributed by atoms with Crippen molar-refractivity contribution in [2.75, 3.05) is 5.32 Å². The van der Waals surface area contributed by atoms with Gasteiger partial charge in [0.25, 0.3) is 11.7 Å². The zero-order chi connectivity index (χ0) is 16.6. The first-order valence-corrected chi connectivity index (χ1v) is 7.15. The summed E-state index contributed by atoms with van der Waals surface area (Å²) in [5.74, 6) is 0.0579. The van der Waals surface area contributed by atoms with Crippen LogP contribution >= 0.6 is 0 Å². The summed E-state index contributed by atoms with van der Waals surface area (Å²) < 4.78 is 1.65. The minimum absolute atomic E-state index is 0.213. The van der Waals surface area contributed by atoms with Crippen LogP contribution in [0.3, 0.4) is 0 Å². The Labute approximate surface area is 133 Å². The molecule has 8 heteroatoms. The summed E-state index contributed by atoms with van der Waals surface area (Å²) in [5, 5.41) is 6.95. The maximum atomic E-state index is 12.5. The second-order valence-corrected chi connectivity index (χ2v) is 6.22. The Morgan fingerprint density at radius 2 is 2.00 bits per heavy atom. The van der Waals surface area contributed by atoms with Crippen molar-refractivity contribution >= 4 is 17.4 Å². The van der Waals surface area contributed by atoms with Crippen molar-refractivity contribution in [3.05, 3.63) is 42.0 Å². The second kappa shape index (κ2) is 5.38. The molecule has 0 aliphatic carbocycles. The fourth-order valence-corrected chi connectivity index (χ4v) is 2.16. The Morgan fingerprint density at radius 3 is 2.70 bits per heavy atom. The summed E-state index contributed by atoms with van der Waals surface area (Å²) in [6.07, 6.45) is 4.41. The van der Waals surface area contributed by atoms with Crippen LogP contribution in [0.15, 0.2) is 24.9 Å². The molecule has 0 aliphatic rings. The summed E-state index contributed by atoms with van der Waals surface area (Å²) in [4.78, 5) is 28.9. The van der Waals surface area contributed by atoms with Crippen LogP contribution in [0.1, 0.15) is 42.6 Å². The number of rotatable bonds is 2. The van der Waals surface area contributed by atoms with E-state index in [4.69, 9.17) is 0 Å². The molecule has 0 atom stereocenters. The van der Waals surface area contributed by atoms with Crippen molar-refractivity contribution in [3.63, 3.8) is 0 Å². The minimum Gasteiger partial charge on any atom is -0.318 e. The first kappa shape index (κ1) is 15.0. The Kier molecular flexibility index (Phi) is 3.51. The minimum atomic E-state index is -0.334. The third kappa shape index (κ3) is 2.87. The lowest BCUT2D eigenvalue weighted by Gasteiger charge is -2.20. The van der Waals surface area contributed by atoms with E-state index in [1.54, 1.807) is 23.7 Å². The van der Waals surface area contributed by atoms with E-state index in [-0.39, 0.29) is 17.0 Å². The lowest BCUT2D eigenvalue weighted by molar-refractivity contribution is 0.102. The fraction of sp³-hybridized carbons (Fsp3) is 0.333. The van der Waals surface area contributed by atoms with Gasteiger partial charge < -0.3 is 5.32 Å². The second-order valence-electron chi connectivity index (χ2n) is 6.22. The van der Waals surface area contributed by atoms with Crippen molar-refractivity contribution in [1.82, 2.24) is 29.5 Å². The van der Waals surface area contributed by atoms with E-state index >= 15 is 0 Å². The quantitative estimate of drug-likeness (QED) is 0.774. The van der Waals surface area contributed by atoms with E-state index in [1.807, 2.05) is 20.8 Å². The number of anilines is 1. The van der Waals surface area contributed by atoms with Gasteiger partial charge in [-0.05, 0) is 13.0 Å². The van der Waals surface area contributed by atoms with Gasteiger partial charge in [-0.1, -0.05) is 20.8 Å². The largest absolute Gasteiger partial charge is 0.318 e. The van der Waals surface area contributed by atoms with Crippen molar-refractivity contribution in [1.29, 1.82) is 0 Å². The van der Waals surface area contributed by atoms with Crippen LogP contribution in [0.5, 0.6) is 0 Å². The highest BCUT2D eigenvalue weighted by Crippen LogP contribution is 2.23. The highest BCUT2D eigenvalue weighted by molar-refractivity contribution is 6.03. The summed E-state index contributed by atoms with van der Waals surface area (Å²) in [7, 11) is 0. The lowest BCUT2D eigenvalue weighted by Crippen LogP contribution is -2.22. The summed E-state index contributed by atoms with van der Waals surface area (Å²) >= 11 is 0. The molecular weight excluding hydrogens is 294 g/mol. The first-order valence-electron chi connectivity index (χ1n) is 7.15. The molecule has 0 fully saturated rings. The third-order valence-corrected chi connectivity index (χ3v) is 3.41. The van der Waals surface area contributed by atoms with E-state index in [0.29, 0.717) is 17.2 Å². The van der Waals surface area contributed by atoms with Crippen LogP contribution in [0.25, 0.3) is 5.78 Å². The van der Waals surface area contributed by atoms with Gasteiger partial charge in [0.15, 0.2) is 0 Å². The molecule has 0 unspecified atom stereocenters. The molecule has 0 saturated heterocycles. The van der Waals surface area contributed by atoms with Gasteiger partial charge in [0.05, 0.1) is 23.3 Å². The normalized spacial score (nSPS) is 11.7. The zero-order valence-corrected chi connectivity index (χ0v) is 13.4. The number of aryl methyl sites for hydroxylation is 1. The van der Waals surface area contributed by atoms with Gasteiger partial charge >= 0.3 is 0 Å². The van der Waals surface area contributed by atoms with Crippen molar-refractivity contribution in [3.8, 4) is 0 Å². The molecule has 3 heterocycles. The monoisotopic (exact) mass is 311 g/mol. The molecule has 3 aromatic rings. The molecule has 118 valence electrons. The average molecular weight is 311 g/mol. The SMILES string of the molecule is Cc1ncncc1NC(=O)c1cc(C(C)(C)C)n2ncnc2n1. The molecule has 23 heavy (non-hydrogen) atoms. The smallest absolute Gasteiger partial charge is 0.274 e. The number of amides is 1. The Morgan fingerprint density at radius 1 is 1.22 bits per heavy atom. The van der Waals surface area contributed by atoms with Crippen LogP contribution in [0.4, 0.5) is 5.69 Å². The maximum Gasteiger partial charge on any atom is 0.274 e. The molecule has 0 aromatic carbocycles. The summed E-state index contributed by atoms with van der Waals surface area (Å²) in [5.41, 5.74) is 2.16. The van der Waals surface area contributed by atoms with Crippen LogP contribution in [-0.4, -0.2) is 35.5 Å². The van der Waals surface area contributed by atoms with E-state index in [2.05, 4.69) is 30.4 Å². The Bertz CT molecular complexity index is 879. The average Bonchev–Trinajstić information content (AvgIpc) is 2.95. The van der Waals surface area contributed by atoms with E-state index in [0.717, 1.165) is 5.69 Å². The van der Waals surface area contributed by atoms with E-state index in [1.165, 1.54) is 12.7 Å². The Hall–Kier alpha value is -2.90. The van der Waals surface area contributed by atoms with Crippen LogP contribution in [0, 0.1) is 6.92 Å². The molecule has 0 radical (unpaired) electrons. The fourth-order valence-electron chi connectivity index (χ4n) is 2.16. The Balaban J connectivity index is 2.03. The van der Waals surface area contributed by atoms with Gasteiger partial charge in [-0.2, -0.15) is 10.1 Å². The molecule has 3 rings (SSSR count). The number of hydrogen-bond acceptors (Lipinski definition) is 6. The number of carbonyl (C=O) groups excluding carboxylic acids is 1. The highest BCUT2D eigenvalue weighted by atomic mass is 16.1. The van der Waals surface area contributed by atoms with Crippen molar-refractivity contribution in [2.45, 2.75) is 33.1 Å². The predicted molar refractivity (Wildman–Crippen MR) is 84.2 cm³/mol. The topological polar surface area (TPSA) is 98.0 Å². The van der Waals surface area contributed by atoms with E-state index < -0.39 is 0 Å². The third-order valence-electron chi connectivity index (χ3n) is 3.41. The molecule has 0 aliphatic heterocycles. The number of hydrogen-bond donors (Lipinski definition) is 1. The number of nitrogens with zero attached hydrogens (tertiary/aromatic N) is 6. The standard InChI is InChI=1S/C15H17N7O/c1-9-11(6-16-7-17-9)20-13(23)10-5-12(15(2,3)4)22-14(21-10)18-8-19-22/h5-8H,1-4H3,(H,20,23). The first-order chi connectivity index (χ1) is 10.9. The zero-order valence-electron chi connectivity index (χ0n) is 13.4. The summed E-state index contributed by atoms with van der Waals surface area (Å²) in [6.45, 7) is 7.92. The molecule has 1 amide bonds. The van der Waals surface area contributed by atoms with Crippen LogP contribution < -0.4 is 5.32 Å². The van der Waals surface area contributed by atoms with Gasteiger partial charge in [0, 0.05) is 5.41 Å².